The van der Waals surface area contributed by atoms with Gasteiger partial charge in [-0.2, -0.15) is 11.8 Å². The van der Waals surface area contributed by atoms with E-state index in [4.69, 9.17) is 0 Å². The van der Waals surface area contributed by atoms with Gasteiger partial charge < -0.3 is 0 Å². The van der Waals surface area contributed by atoms with Gasteiger partial charge in [-0.25, -0.2) is 0 Å². The van der Waals surface area contributed by atoms with Crippen molar-refractivity contribution in [3.63, 3.8) is 0 Å². The summed E-state index contributed by atoms with van der Waals surface area (Å²) in [5, 5.41) is 0. The van der Waals surface area contributed by atoms with Gasteiger partial charge in [0.25, 0.3) is 0 Å². The lowest BCUT2D eigenvalue weighted by Gasteiger charge is -2.16. The van der Waals surface area contributed by atoms with E-state index in [2.05, 4.69) is 53.7 Å². The smallest absolute Gasteiger partial charge is 0.0121 e. The van der Waals surface area contributed by atoms with E-state index in [-0.39, 0.29) is 0 Å². The highest BCUT2D eigenvalue weighted by Gasteiger charge is 2.08. The van der Waals surface area contributed by atoms with Crippen LogP contribution in [0.25, 0.3) is 0 Å². The van der Waals surface area contributed by atoms with Gasteiger partial charge in [-0.05, 0) is 33.6 Å². The van der Waals surface area contributed by atoms with Crippen LogP contribution in [0.1, 0.15) is 54.4 Å². The molecule has 0 rings (SSSR count). The first-order valence-corrected chi connectivity index (χ1v) is 6.73. The Balaban J connectivity index is 3.75. The summed E-state index contributed by atoms with van der Waals surface area (Å²) in [6.07, 6.45) is 7.07. The van der Waals surface area contributed by atoms with Gasteiger partial charge in [0.05, 0.1) is 0 Å². The lowest BCUT2D eigenvalue weighted by Crippen LogP contribution is -2.07. The van der Waals surface area contributed by atoms with Crippen LogP contribution in [0.15, 0.2) is 23.3 Å². The molecular formula is C14H26S. The average molecular weight is 226 g/mol. The summed E-state index contributed by atoms with van der Waals surface area (Å²) >= 11 is 2.01. The quantitative estimate of drug-likeness (QED) is 0.580. The van der Waals surface area contributed by atoms with E-state index >= 15 is 0 Å². The zero-order chi connectivity index (χ0) is 11.9. The molecule has 0 amide bonds. The summed E-state index contributed by atoms with van der Waals surface area (Å²) in [5.74, 6) is 1.14. The molecule has 0 aliphatic rings. The Bertz CT molecular complexity index is 224. The number of allylic oxidation sites excluding steroid dienone is 3. The number of hydrogen-bond donors (Lipinski definition) is 0. The normalized spacial score (nSPS) is 12.8. The fraction of sp³-hybridized carbons (Fsp3) is 0.714. The van der Waals surface area contributed by atoms with Crippen molar-refractivity contribution in [2.45, 2.75) is 59.1 Å². The molecule has 0 aromatic heterocycles. The highest BCUT2D eigenvalue weighted by molar-refractivity contribution is 8.00. The van der Waals surface area contributed by atoms with Crippen molar-refractivity contribution in [2.75, 3.05) is 5.75 Å². The van der Waals surface area contributed by atoms with E-state index in [1.54, 1.807) is 0 Å². The summed E-state index contributed by atoms with van der Waals surface area (Å²) in [4.78, 5) is 0. The predicted molar refractivity (Wildman–Crippen MR) is 74.6 cm³/mol. The molecule has 0 saturated heterocycles. The number of thioether (sulfide) groups is 1. The third kappa shape index (κ3) is 11.8. The van der Waals surface area contributed by atoms with Crippen molar-refractivity contribution in [3.05, 3.63) is 23.3 Å². The van der Waals surface area contributed by atoms with E-state index in [0.29, 0.717) is 4.75 Å². The maximum Gasteiger partial charge on any atom is 0.0121 e. The molecule has 0 aliphatic heterocycles. The number of hydrogen-bond acceptors (Lipinski definition) is 1. The Morgan fingerprint density at radius 2 is 1.67 bits per heavy atom. The van der Waals surface area contributed by atoms with Gasteiger partial charge in [0, 0.05) is 10.5 Å². The van der Waals surface area contributed by atoms with Gasteiger partial charge in [0.15, 0.2) is 0 Å². The lowest BCUT2D eigenvalue weighted by atomic mass is 10.1. The minimum Gasteiger partial charge on any atom is -0.152 e. The highest BCUT2D eigenvalue weighted by atomic mass is 32.2. The molecular weight excluding hydrogens is 200 g/mol. The van der Waals surface area contributed by atoms with Crippen molar-refractivity contribution in [1.29, 1.82) is 0 Å². The maximum atomic E-state index is 2.37. The molecule has 0 aromatic rings. The van der Waals surface area contributed by atoms with E-state index in [1.165, 1.54) is 24.0 Å². The molecule has 0 bridgehead atoms. The second-order valence-electron chi connectivity index (χ2n) is 5.29. The SMILES string of the molecule is CC(C)=CCC/C(C)=C/CSC(C)(C)C. The third-order valence-electron chi connectivity index (χ3n) is 2.04. The molecule has 0 radical (unpaired) electrons. The summed E-state index contributed by atoms with van der Waals surface area (Å²) in [6, 6.07) is 0. The molecule has 15 heavy (non-hydrogen) atoms. The molecule has 0 atom stereocenters. The zero-order valence-electron chi connectivity index (χ0n) is 11.2. The largest absolute Gasteiger partial charge is 0.152 e. The van der Waals surface area contributed by atoms with E-state index in [1.807, 2.05) is 11.8 Å². The molecule has 1 heteroatoms. The zero-order valence-corrected chi connectivity index (χ0v) is 12.0. The van der Waals surface area contributed by atoms with Gasteiger partial charge in [0.2, 0.25) is 0 Å². The Morgan fingerprint density at radius 3 is 2.13 bits per heavy atom. The van der Waals surface area contributed by atoms with Crippen molar-refractivity contribution >= 4 is 11.8 Å². The topological polar surface area (TPSA) is 0 Å². The second-order valence-corrected chi connectivity index (χ2v) is 7.14. The Morgan fingerprint density at radius 1 is 1.07 bits per heavy atom. The van der Waals surface area contributed by atoms with Crippen LogP contribution in [0.4, 0.5) is 0 Å². The summed E-state index contributed by atoms with van der Waals surface area (Å²) in [7, 11) is 0. The van der Waals surface area contributed by atoms with Crippen LogP contribution in [0.5, 0.6) is 0 Å². The first kappa shape index (κ1) is 14.8. The standard InChI is InChI=1S/C14H26S/c1-12(2)8-7-9-13(3)10-11-15-14(4,5)6/h8,10H,7,9,11H2,1-6H3/b13-10+. The second kappa shape index (κ2) is 7.16. The fourth-order valence-electron chi connectivity index (χ4n) is 1.12. The van der Waals surface area contributed by atoms with Crippen LogP contribution in [0, 0.1) is 0 Å². The fourth-order valence-corrected chi connectivity index (χ4v) is 1.99. The van der Waals surface area contributed by atoms with Gasteiger partial charge >= 0.3 is 0 Å². The molecule has 88 valence electrons. The molecule has 0 saturated carbocycles. The lowest BCUT2D eigenvalue weighted by molar-refractivity contribution is 0.804. The summed E-state index contributed by atoms with van der Waals surface area (Å²) < 4.78 is 0.386. The minimum atomic E-state index is 0.386. The average Bonchev–Trinajstić information content (AvgIpc) is 2.00. The maximum absolute atomic E-state index is 2.37. The van der Waals surface area contributed by atoms with Gasteiger partial charge in [-0.3, -0.25) is 0 Å². The Kier molecular flexibility index (Phi) is 7.08. The molecule has 0 fully saturated rings. The first-order valence-electron chi connectivity index (χ1n) is 5.74. The van der Waals surface area contributed by atoms with Crippen LogP contribution in [0.3, 0.4) is 0 Å². The van der Waals surface area contributed by atoms with E-state index in [0.717, 1.165) is 5.75 Å². The minimum absolute atomic E-state index is 0.386. The molecule has 0 unspecified atom stereocenters. The third-order valence-corrected chi connectivity index (χ3v) is 3.24. The molecule has 0 heterocycles. The van der Waals surface area contributed by atoms with Crippen molar-refractivity contribution in [1.82, 2.24) is 0 Å². The monoisotopic (exact) mass is 226 g/mol. The predicted octanol–water partition coefficient (Wildman–Crippen LogP) is 5.21. The van der Waals surface area contributed by atoms with E-state index in [9.17, 15) is 0 Å². The van der Waals surface area contributed by atoms with Gasteiger partial charge in [-0.15, -0.1) is 0 Å². The van der Waals surface area contributed by atoms with Crippen molar-refractivity contribution in [3.8, 4) is 0 Å². The van der Waals surface area contributed by atoms with Crippen molar-refractivity contribution in [2.24, 2.45) is 0 Å². The van der Waals surface area contributed by atoms with Crippen LogP contribution >= 0.6 is 11.8 Å². The number of rotatable bonds is 5. The van der Waals surface area contributed by atoms with E-state index < -0.39 is 0 Å². The van der Waals surface area contributed by atoms with Gasteiger partial charge in [0.1, 0.15) is 0 Å². The van der Waals surface area contributed by atoms with Crippen LogP contribution in [-0.4, -0.2) is 10.5 Å². The summed E-state index contributed by atoms with van der Waals surface area (Å²) in [5.41, 5.74) is 2.94. The molecule has 0 aromatic carbocycles. The molecule has 0 aliphatic carbocycles. The summed E-state index contributed by atoms with van der Waals surface area (Å²) in [6.45, 7) is 13.4. The van der Waals surface area contributed by atoms with Gasteiger partial charge in [-0.1, -0.05) is 44.1 Å². The molecule has 0 nitrogen and oxygen atoms in total. The Hall–Kier alpha value is -0.170. The highest BCUT2D eigenvalue weighted by Crippen LogP contribution is 2.23. The Labute approximate surface area is 100 Å². The first-order chi connectivity index (χ1) is 6.81. The van der Waals surface area contributed by atoms with Crippen LogP contribution < -0.4 is 0 Å². The molecule has 0 N–H and O–H groups in total. The van der Waals surface area contributed by atoms with Crippen LogP contribution in [-0.2, 0) is 0 Å². The van der Waals surface area contributed by atoms with Crippen molar-refractivity contribution < 1.29 is 0 Å². The van der Waals surface area contributed by atoms with Crippen LogP contribution in [0.2, 0.25) is 0 Å². The molecule has 0 spiro atoms.